The second kappa shape index (κ2) is 8.92. The fourth-order valence-electron chi connectivity index (χ4n) is 6.25. The first kappa shape index (κ1) is 23.2. The Kier molecular flexibility index (Phi) is 7.97. The molecule has 5 heteroatoms. The Hall–Kier alpha value is -0.810. The van der Waals surface area contributed by atoms with Crippen molar-refractivity contribution in [1.82, 2.24) is 9.80 Å². The lowest BCUT2D eigenvalue weighted by Crippen LogP contribution is -2.72. The van der Waals surface area contributed by atoms with E-state index in [0.29, 0.717) is 50.0 Å². The van der Waals surface area contributed by atoms with Crippen LogP contribution in [0.4, 0.5) is 4.79 Å². The van der Waals surface area contributed by atoms with Crippen molar-refractivity contribution in [2.24, 2.45) is 23.7 Å². The van der Waals surface area contributed by atoms with Gasteiger partial charge in [0, 0.05) is 27.3 Å². The second-order valence-electron chi connectivity index (χ2n) is 8.84. The molecule has 0 unspecified atom stereocenters. The molecule has 0 radical (unpaired) electrons. The van der Waals surface area contributed by atoms with E-state index < -0.39 is 0 Å². The summed E-state index contributed by atoms with van der Waals surface area (Å²) in [5, 5.41) is 0. The minimum absolute atomic E-state index is 0.129. The fraction of sp³-hybridized carbons (Fsp3) is 0.952. The van der Waals surface area contributed by atoms with Crippen molar-refractivity contribution >= 4 is 6.03 Å². The van der Waals surface area contributed by atoms with Crippen LogP contribution in [0.5, 0.6) is 0 Å². The molecule has 0 aromatic rings. The molecule has 0 spiro atoms. The van der Waals surface area contributed by atoms with E-state index in [4.69, 9.17) is 9.47 Å². The molecule has 0 N–H and O–H groups in total. The molecular weight excluding hydrogens is 328 g/mol. The summed E-state index contributed by atoms with van der Waals surface area (Å²) >= 11 is 0. The van der Waals surface area contributed by atoms with Crippen LogP contribution in [-0.2, 0) is 9.47 Å². The normalized spacial score (nSPS) is 19.7. The number of methoxy groups -OCH3 is 2. The van der Waals surface area contributed by atoms with E-state index in [0.717, 1.165) is 0 Å². The molecule has 5 nitrogen and oxygen atoms in total. The molecule has 26 heavy (non-hydrogen) atoms. The summed E-state index contributed by atoms with van der Waals surface area (Å²) < 4.78 is 10.7. The van der Waals surface area contributed by atoms with Gasteiger partial charge < -0.3 is 19.3 Å². The number of rotatable bonds is 10. The Bertz CT molecular complexity index is 404. The van der Waals surface area contributed by atoms with Gasteiger partial charge in [-0.15, -0.1) is 0 Å². The Morgan fingerprint density at radius 1 is 0.692 bits per heavy atom. The third-order valence-corrected chi connectivity index (χ3v) is 6.56. The van der Waals surface area contributed by atoms with Gasteiger partial charge in [-0.05, 0) is 23.7 Å². The summed E-state index contributed by atoms with van der Waals surface area (Å²) in [6.07, 6.45) is 0. The Morgan fingerprint density at radius 3 is 1.15 bits per heavy atom. The predicted molar refractivity (Wildman–Crippen MR) is 107 cm³/mol. The summed E-state index contributed by atoms with van der Waals surface area (Å²) in [4.78, 5) is 18.0. The van der Waals surface area contributed by atoms with Gasteiger partial charge in [0.25, 0.3) is 0 Å². The smallest absolute Gasteiger partial charge is 0.321 e. The molecule has 1 aliphatic rings. The predicted octanol–water partition coefficient (Wildman–Crippen LogP) is 4.12. The van der Waals surface area contributed by atoms with E-state index in [2.05, 4.69) is 65.2 Å². The zero-order chi connectivity index (χ0) is 20.3. The number of carbonyl (C=O) groups is 1. The molecule has 154 valence electrons. The van der Waals surface area contributed by atoms with Gasteiger partial charge in [0.1, 0.15) is 0 Å². The molecular formula is C21H42N2O3. The summed E-state index contributed by atoms with van der Waals surface area (Å²) in [5.74, 6) is 1.28. The van der Waals surface area contributed by atoms with Gasteiger partial charge in [-0.3, -0.25) is 0 Å². The Morgan fingerprint density at radius 2 is 0.962 bits per heavy atom. The van der Waals surface area contributed by atoms with Crippen LogP contribution >= 0.6 is 0 Å². The summed E-state index contributed by atoms with van der Waals surface area (Å²) in [6.45, 7) is 20.5. The van der Waals surface area contributed by atoms with Gasteiger partial charge in [0.2, 0.25) is 0 Å². The van der Waals surface area contributed by atoms with Crippen molar-refractivity contribution in [2.75, 3.05) is 40.5 Å². The molecule has 0 atom stereocenters. The van der Waals surface area contributed by atoms with Crippen molar-refractivity contribution in [3.63, 3.8) is 0 Å². The molecule has 1 fully saturated rings. The second-order valence-corrected chi connectivity index (χ2v) is 8.84. The van der Waals surface area contributed by atoms with Gasteiger partial charge in [-0.25, -0.2) is 4.79 Å². The minimum Gasteiger partial charge on any atom is -0.383 e. The highest BCUT2D eigenvalue weighted by molar-refractivity contribution is 5.81. The quantitative estimate of drug-likeness (QED) is 0.581. The first-order chi connectivity index (χ1) is 12.1. The van der Waals surface area contributed by atoms with E-state index in [1.807, 2.05) is 0 Å². The van der Waals surface area contributed by atoms with Crippen molar-refractivity contribution < 1.29 is 14.3 Å². The molecule has 1 heterocycles. The topological polar surface area (TPSA) is 42.0 Å². The molecule has 2 amide bonds. The molecule has 1 saturated heterocycles. The van der Waals surface area contributed by atoms with Gasteiger partial charge in [-0.2, -0.15) is 0 Å². The average molecular weight is 371 g/mol. The van der Waals surface area contributed by atoms with Crippen LogP contribution in [0.3, 0.4) is 0 Å². The third kappa shape index (κ3) is 3.15. The molecule has 0 aliphatic carbocycles. The number of urea groups is 1. The van der Waals surface area contributed by atoms with Crippen LogP contribution in [-0.4, -0.2) is 67.4 Å². The maximum Gasteiger partial charge on any atom is 0.321 e. The molecule has 0 aromatic carbocycles. The van der Waals surface area contributed by atoms with Crippen LogP contribution in [0.1, 0.15) is 55.4 Å². The zero-order valence-electron chi connectivity index (χ0n) is 18.8. The average Bonchev–Trinajstić information content (AvgIpc) is 2.77. The van der Waals surface area contributed by atoms with Crippen molar-refractivity contribution in [1.29, 1.82) is 0 Å². The van der Waals surface area contributed by atoms with Crippen LogP contribution in [0, 0.1) is 23.7 Å². The lowest BCUT2D eigenvalue weighted by atomic mass is 9.55. The molecule has 1 aliphatic heterocycles. The molecule has 0 saturated carbocycles. The highest BCUT2D eigenvalue weighted by Crippen LogP contribution is 2.57. The zero-order valence-corrected chi connectivity index (χ0v) is 18.8. The van der Waals surface area contributed by atoms with E-state index in [1.54, 1.807) is 14.2 Å². The summed E-state index contributed by atoms with van der Waals surface area (Å²) in [6, 6.07) is 0.129. The van der Waals surface area contributed by atoms with Gasteiger partial charge >= 0.3 is 6.03 Å². The monoisotopic (exact) mass is 370 g/mol. The van der Waals surface area contributed by atoms with Crippen molar-refractivity contribution in [3.05, 3.63) is 0 Å². The minimum atomic E-state index is -0.265. The van der Waals surface area contributed by atoms with E-state index >= 15 is 0 Å². The highest BCUT2D eigenvalue weighted by atomic mass is 16.5. The third-order valence-electron chi connectivity index (χ3n) is 6.56. The fourth-order valence-corrected chi connectivity index (χ4v) is 6.25. The van der Waals surface area contributed by atoms with Gasteiger partial charge in [0.15, 0.2) is 0 Å². The molecule has 0 aromatic heterocycles. The van der Waals surface area contributed by atoms with Gasteiger partial charge in [-0.1, -0.05) is 55.4 Å². The highest BCUT2D eigenvalue weighted by Gasteiger charge is 2.70. The van der Waals surface area contributed by atoms with E-state index in [9.17, 15) is 4.79 Å². The van der Waals surface area contributed by atoms with Gasteiger partial charge in [0.05, 0.1) is 24.3 Å². The van der Waals surface area contributed by atoms with Crippen molar-refractivity contribution in [2.45, 2.75) is 66.5 Å². The first-order valence-electron chi connectivity index (χ1n) is 10.1. The number of ether oxygens (including phenoxy) is 2. The largest absolute Gasteiger partial charge is 0.383 e. The first-order valence-corrected chi connectivity index (χ1v) is 10.1. The molecule has 0 bridgehead atoms. The maximum atomic E-state index is 13.7. The van der Waals surface area contributed by atoms with Crippen molar-refractivity contribution in [3.8, 4) is 0 Å². The molecule has 1 rings (SSSR count). The van der Waals surface area contributed by atoms with Crippen LogP contribution in [0.15, 0.2) is 0 Å². The van der Waals surface area contributed by atoms with E-state index in [-0.39, 0.29) is 17.1 Å². The lowest BCUT2D eigenvalue weighted by molar-refractivity contribution is -0.0870. The standard InChI is InChI=1S/C21H42N2O3/c1-15(2)20(16(3)4)21(17(5)6,18(7)8)23(12-14-26-10)19(24)22(20)11-13-25-9/h15-18H,11-14H2,1-10H3. The Balaban J connectivity index is 3.78. The summed E-state index contributed by atoms with van der Waals surface area (Å²) in [7, 11) is 3.40. The maximum absolute atomic E-state index is 13.7. The number of hydrogen-bond donors (Lipinski definition) is 0. The number of nitrogens with zero attached hydrogens (tertiary/aromatic N) is 2. The SMILES string of the molecule is COCCN1C(=O)N(CCOC)C(C(C)C)(C(C)C)C1(C(C)C)C(C)C. The number of hydrogen-bond acceptors (Lipinski definition) is 3. The number of carbonyl (C=O) groups excluding carboxylic acids is 1. The lowest BCUT2D eigenvalue weighted by Gasteiger charge is -2.59. The van der Waals surface area contributed by atoms with Crippen LogP contribution in [0.25, 0.3) is 0 Å². The summed E-state index contributed by atoms with van der Waals surface area (Å²) in [5.41, 5.74) is -0.530. The van der Waals surface area contributed by atoms with E-state index in [1.165, 1.54) is 0 Å². The van der Waals surface area contributed by atoms with Crippen LogP contribution in [0.2, 0.25) is 0 Å². The van der Waals surface area contributed by atoms with Crippen LogP contribution < -0.4 is 0 Å². The Labute approximate surface area is 161 Å². The number of amides is 2.